The van der Waals surface area contributed by atoms with Crippen molar-refractivity contribution >= 4 is 90.0 Å². The summed E-state index contributed by atoms with van der Waals surface area (Å²) >= 11 is 0. The summed E-state index contributed by atoms with van der Waals surface area (Å²) in [6.45, 7) is 4.25. The summed E-state index contributed by atoms with van der Waals surface area (Å²) in [6.07, 6.45) is 1.79. The van der Waals surface area contributed by atoms with Gasteiger partial charge in [0.25, 0.3) is 6.71 Å². The van der Waals surface area contributed by atoms with Crippen LogP contribution in [0, 0.1) is 19.7 Å². The molecule has 6 heteroatoms. The molecule has 4 nitrogen and oxygen atoms in total. The van der Waals surface area contributed by atoms with Gasteiger partial charge < -0.3 is 18.8 Å². The Labute approximate surface area is 272 Å². The number of hydrogen-bond donors (Lipinski definition) is 0. The summed E-state index contributed by atoms with van der Waals surface area (Å²) in [5.74, 6) is -0.249. The number of para-hydroxylation sites is 1. The van der Waals surface area contributed by atoms with E-state index in [0.717, 1.165) is 45.1 Å². The molecule has 0 N–H and O–H groups in total. The highest BCUT2D eigenvalue weighted by molar-refractivity contribution is 7.02. The van der Waals surface area contributed by atoms with Crippen LogP contribution in [0.2, 0.25) is 0 Å². The van der Waals surface area contributed by atoms with Gasteiger partial charge in [-0.05, 0) is 103 Å². The Bertz CT molecular complexity index is 2580. The predicted octanol–water partition coefficient (Wildman–Crippen LogP) is 8.92. The summed E-state index contributed by atoms with van der Waals surface area (Å²) in [7, 11) is 2.17. The lowest BCUT2D eigenvalue weighted by atomic mass is 9.33. The summed E-state index contributed by atoms with van der Waals surface area (Å²) in [5, 5.41) is 3.56. The average molecular weight is 610 g/mol. The van der Waals surface area contributed by atoms with E-state index in [1.165, 1.54) is 49.3 Å². The third-order valence-corrected chi connectivity index (χ3v) is 10.3. The zero-order valence-electron chi connectivity index (χ0n) is 26.3. The van der Waals surface area contributed by atoms with Gasteiger partial charge in [0.15, 0.2) is 5.58 Å². The number of anilines is 6. The molecule has 0 fully saturated rings. The molecule has 0 amide bonds. The smallest absolute Gasteiger partial charge is 0.253 e. The van der Waals surface area contributed by atoms with Gasteiger partial charge in [-0.2, -0.15) is 0 Å². The summed E-state index contributed by atoms with van der Waals surface area (Å²) in [6, 6.07) is 39.8. The Hall–Kier alpha value is -5.75. The van der Waals surface area contributed by atoms with Gasteiger partial charge in [-0.15, -0.1) is 0 Å². The second-order valence-electron chi connectivity index (χ2n) is 12.9. The molecular weight excluding hydrogens is 580 g/mol. The van der Waals surface area contributed by atoms with Crippen molar-refractivity contribution in [3.63, 3.8) is 0 Å². The molecule has 0 atom stereocenters. The largest absolute Gasteiger partial charge is 0.462 e. The molecule has 0 aliphatic carbocycles. The van der Waals surface area contributed by atoms with Crippen molar-refractivity contribution in [2.24, 2.45) is 7.05 Å². The molecule has 0 spiro atoms. The maximum atomic E-state index is 14.4. The topological polar surface area (TPSA) is 24.6 Å². The van der Waals surface area contributed by atoms with Gasteiger partial charge in [-0.3, -0.25) is 0 Å². The van der Waals surface area contributed by atoms with Gasteiger partial charge in [0.05, 0.1) is 17.5 Å². The van der Waals surface area contributed by atoms with E-state index in [1.807, 2.05) is 18.2 Å². The zero-order chi connectivity index (χ0) is 31.6. The summed E-state index contributed by atoms with van der Waals surface area (Å²) < 4.78 is 23.0. The first kappa shape index (κ1) is 26.5. The number of rotatable bonds is 2. The molecule has 0 bridgehead atoms. The summed E-state index contributed by atoms with van der Waals surface area (Å²) in [5.41, 5.74) is 15.8. The van der Waals surface area contributed by atoms with Crippen molar-refractivity contribution in [1.82, 2.24) is 4.57 Å². The molecule has 10 rings (SSSR count). The standard InChI is InChI=1S/C41H29BFN3O/c1-24-11-16-29(17-12-24)46-34-10-6-9-33-37(34)42(31-20-13-26-21-22-47-41(26)40(31)46)38-35(45(33)28-18-14-27(43)15-19-28)23-25(2)39-36(38)30-7-4-5-8-32(30)44(39)3/h4-23H,1-3H3. The maximum Gasteiger partial charge on any atom is 0.253 e. The first-order chi connectivity index (χ1) is 23.0. The van der Waals surface area contributed by atoms with Crippen LogP contribution in [0.3, 0.4) is 0 Å². The van der Waals surface area contributed by atoms with E-state index >= 15 is 0 Å². The highest BCUT2D eigenvalue weighted by atomic mass is 19.1. The molecule has 0 saturated carbocycles. The van der Waals surface area contributed by atoms with Crippen LogP contribution in [0.4, 0.5) is 38.5 Å². The molecule has 0 unspecified atom stereocenters. The molecule has 0 radical (unpaired) electrons. The van der Waals surface area contributed by atoms with Crippen LogP contribution in [0.15, 0.2) is 126 Å². The lowest BCUT2D eigenvalue weighted by Gasteiger charge is -2.44. The van der Waals surface area contributed by atoms with Crippen molar-refractivity contribution in [3.05, 3.63) is 138 Å². The third-order valence-electron chi connectivity index (χ3n) is 10.3. The number of nitrogens with zero attached hydrogens (tertiary/aromatic N) is 3. The Kier molecular flexibility index (Phi) is 5.29. The van der Waals surface area contributed by atoms with Gasteiger partial charge >= 0.3 is 0 Å². The molecule has 47 heavy (non-hydrogen) atoms. The Balaban J connectivity index is 1.41. The van der Waals surface area contributed by atoms with Gasteiger partial charge in [-0.25, -0.2) is 4.39 Å². The number of aromatic nitrogens is 1. The van der Waals surface area contributed by atoms with Crippen LogP contribution in [-0.2, 0) is 7.05 Å². The first-order valence-electron chi connectivity index (χ1n) is 16.1. The van der Waals surface area contributed by atoms with Crippen LogP contribution in [0.1, 0.15) is 11.1 Å². The highest BCUT2D eigenvalue weighted by Gasteiger charge is 2.45. The maximum absolute atomic E-state index is 14.4. The van der Waals surface area contributed by atoms with Crippen molar-refractivity contribution in [2.75, 3.05) is 9.80 Å². The molecule has 2 aromatic heterocycles. The van der Waals surface area contributed by atoms with E-state index < -0.39 is 0 Å². The van der Waals surface area contributed by atoms with Crippen LogP contribution in [0.5, 0.6) is 0 Å². The van der Waals surface area contributed by atoms with E-state index in [0.29, 0.717) is 0 Å². The second kappa shape index (κ2) is 9.40. The minimum atomic E-state index is -0.249. The number of fused-ring (bicyclic) bond motifs is 10. The normalized spacial score (nSPS) is 13.4. The Morgan fingerprint density at radius 3 is 2.21 bits per heavy atom. The Morgan fingerprint density at radius 1 is 0.681 bits per heavy atom. The minimum absolute atomic E-state index is 0.0759. The number of aryl methyl sites for hydroxylation is 3. The zero-order valence-corrected chi connectivity index (χ0v) is 26.3. The SMILES string of the molecule is Cc1ccc(N2c3cccc4c3B(c3ccc5ccoc5c32)c2c(cc(C)c3c2c2ccccc2n3C)N4c2ccc(F)cc2)cc1. The highest BCUT2D eigenvalue weighted by Crippen LogP contribution is 2.47. The van der Waals surface area contributed by atoms with Crippen LogP contribution < -0.4 is 26.2 Å². The van der Waals surface area contributed by atoms with Gasteiger partial charge in [0.1, 0.15) is 5.82 Å². The third kappa shape index (κ3) is 3.47. The fraction of sp³-hybridized carbons (Fsp3) is 0.0732. The summed E-state index contributed by atoms with van der Waals surface area (Å²) in [4.78, 5) is 4.71. The predicted molar refractivity (Wildman–Crippen MR) is 194 cm³/mol. The van der Waals surface area contributed by atoms with Crippen molar-refractivity contribution in [3.8, 4) is 0 Å². The van der Waals surface area contributed by atoms with Crippen LogP contribution in [0.25, 0.3) is 32.8 Å². The number of benzene rings is 6. The molecule has 4 heterocycles. The van der Waals surface area contributed by atoms with E-state index in [1.54, 1.807) is 18.4 Å². The second-order valence-corrected chi connectivity index (χ2v) is 12.9. The van der Waals surface area contributed by atoms with E-state index in [-0.39, 0.29) is 12.5 Å². The first-order valence-corrected chi connectivity index (χ1v) is 16.1. The van der Waals surface area contributed by atoms with Gasteiger partial charge in [0.2, 0.25) is 0 Å². The number of furan rings is 1. The van der Waals surface area contributed by atoms with E-state index in [9.17, 15) is 4.39 Å². The fourth-order valence-corrected chi connectivity index (χ4v) is 8.34. The van der Waals surface area contributed by atoms with Crippen LogP contribution in [-0.4, -0.2) is 11.3 Å². The van der Waals surface area contributed by atoms with Crippen LogP contribution >= 0.6 is 0 Å². The lowest BCUT2D eigenvalue weighted by Crippen LogP contribution is -2.61. The van der Waals surface area contributed by atoms with E-state index in [4.69, 9.17) is 4.42 Å². The molecule has 6 aromatic carbocycles. The molecule has 2 aliphatic heterocycles. The van der Waals surface area contributed by atoms with E-state index in [2.05, 4.69) is 120 Å². The molecule has 0 saturated heterocycles. The fourth-order valence-electron chi connectivity index (χ4n) is 8.34. The minimum Gasteiger partial charge on any atom is -0.462 e. The monoisotopic (exact) mass is 609 g/mol. The van der Waals surface area contributed by atoms with Crippen molar-refractivity contribution in [1.29, 1.82) is 0 Å². The molecule has 2 aliphatic rings. The van der Waals surface area contributed by atoms with Gasteiger partial charge in [0, 0.05) is 57.2 Å². The lowest BCUT2D eigenvalue weighted by molar-refractivity contribution is 0.616. The number of halogens is 1. The average Bonchev–Trinajstić information content (AvgIpc) is 3.69. The molecule has 224 valence electrons. The quantitative estimate of drug-likeness (QED) is 0.183. The van der Waals surface area contributed by atoms with Crippen molar-refractivity contribution < 1.29 is 8.81 Å². The molecule has 8 aromatic rings. The number of hydrogen-bond acceptors (Lipinski definition) is 3. The molecular formula is C41H29BFN3O. The van der Waals surface area contributed by atoms with Gasteiger partial charge in [-0.1, -0.05) is 54.1 Å². The Morgan fingerprint density at radius 2 is 1.40 bits per heavy atom. The van der Waals surface area contributed by atoms with Crippen molar-refractivity contribution in [2.45, 2.75) is 13.8 Å².